The Labute approximate surface area is 163 Å². The second-order valence-electron chi connectivity index (χ2n) is 9.82. The van der Waals surface area contributed by atoms with E-state index < -0.39 is 31.2 Å². The van der Waals surface area contributed by atoms with Crippen molar-refractivity contribution in [3.05, 3.63) is 0 Å². The number of hydrogen-bond donors (Lipinski definition) is 0. The third-order valence-corrected chi connectivity index (χ3v) is 6.54. The van der Waals surface area contributed by atoms with Crippen molar-refractivity contribution >= 4 is 25.0 Å². The highest BCUT2D eigenvalue weighted by Crippen LogP contribution is 2.33. The molecule has 1 unspecified atom stereocenters. The summed E-state index contributed by atoms with van der Waals surface area (Å²) in [6.45, 7) is 20.0. The van der Waals surface area contributed by atoms with Gasteiger partial charge in [-0.3, -0.25) is 0 Å². The maximum Gasteiger partial charge on any atom is 0.187 e. The zero-order valence-electron chi connectivity index (χ0n) is 18.5. The topological polar surface area (TPSA) is 55.4 Å². The van der Waals surface area contributed by atoms with Gasteiger partial charge in [0.1, 0.15) is 24.4 Å². The number of ether oxygens (including phenoxy) is 3. The van der Waals surface area contributed by atoms with Crippen LogP contribution in [0.3, 0.4) is 0 Å². The van der Waals surface area contributed by atoms with Crippen molar-refractivity contribution in [1.82, 2.24) is 0 Å². The first-order valence-corrected chi connectivity index (χ1v) is 19.6. The van der Waals surface area contributed by atoms with Gasteiger partial charge in [0, 0.05) is 14.2 Å². The molecular weight excluding hydrogens is 384 g/mol. The zero-order chi connectivity index (χ0) is 20.3. The normalized spacial score (nSPS) is 31.3. The van der Waals surface area contributed by atoms with Gasteiger partial charge >= 0.3 is 0 Å². The Morgan fingerprint density at radius 3 is 1.50 bits per heavy atom. The first kappa shape index (κ1) is 24.4. The summed E-state index contributed by atoms with van der Waals surface area (Å²) in [5.74, 6) is 0. The molecule has 9 heteroatoms. The van der Waals surface area contributed by atoms with Crippen molar-refractivity contribution < 1.29 is 27.5 Å². The molecule has 0 saturated carbocycles. The third-order valence-electron chi connectivity index (χ3n) is 3.64. The van der Waals surface area contributed by atoms with E-state index >= 15 is 0 Å². The lowest BCUT2D eigenvalue weighted by atomic mass is 9.99. The van der Waals surface area contributed by atoms with Crippen LogP contribution in [0, 0.1) is 0 Å². The fraction of sp³-hybridized carbons (Fsp3) is 1.00. The molecule has 0 radical (unpaired) electrons. The van der Waals surface area contributed by atoms with E-state index in [1.807, 2.05) is 0 Å². The Hall–Kier alpha value is 0.411. The molecule has 0 aromatic rings. The second-order valence-corrected chi connectivity index (χ2v) is 23.2. The average Bonchev–Trinajstić information content (AvgIpc) is 2.39. The Morgan fingerprint density at radius 1 is 0.654 bits per heavy atom. The minimum Gasteiger partial charge on any atom is -0.409 e. The molecule has 1 aliphatic rings. The van der Waals surface area contributed by atoms with E-state index in [0.29, 0.717) is 6.61 Å². The predicted molar refractivity (Wildman–Crippen MR) is 112 cm³/mol. The minimum absolute atomic E-state index is 0.242. The molecule has 156 valence electrons. The fourth-order valence-corrected chi connectivity index (χ4v) is 6.01. The number of methoxy groups -OCH3 is 2. The van der Waals surface area contributed by atoms with Gasteiger partial charge < -0.3 is 27.5 Å². The summed E-state index contributed by atoms with van der Waals surface area (Å²) in [7, 11) is -2.19. The maximum absolute atomic E-state index is 6.57. The van der Waals surface area contributed by atoms with E-state index in [9.17, 15) is 0 Å². The summed E-state index contributed by atoms with van der Waals surface area (Å²) in [4.78, 5) is 0. The molecule has 0 spiro atoms. The molecule has 0 bridgehead atoms. The van der Waals surface area contributed by atoms with E-state index in [0.717, 1.165) is 0 Å². The molecule has 0 amide bonds. The standard InChI is InChI=1S/C17H40O6Si3/c1-18-12-13-14(19-2)15(21-24(3,4)5)16(22-25(6,7)8)17(20-13)23-26(9,10)11/h13-17H,12H2,1-11H3/t13-,14-,15+,16-,17?/m0/s1. The summed E-state index contributed by atoms with van der Waals surface area (Å²) >= 11 is 0. The molecule has 6 nitrogen and oxygen atoms in total. The van der Waals surface area contributed by atoms with Crippen molar-refractivity contribution in [2.75, 3.05) is 20.8 Å². The molecule has 0 N–H and O–H groups in total. The lowest BCUT2D eigenvalue weighted by Crippen LogP contribution is -2.65. The van der Waals surface area contributed by atoms with Crippen LogP contribution in [0.4, 0.5) is 0 Å². The first-order valence-electron chi connectivity index (χ1n) is 9.37. The van der Waals surface area contributed by atoms with E-state index in [4.69, 9.17) is 27.5 Å². The zero-order valence-corrected chi connectivity index (χ0v) is 21.5. The van der Waals surface area contributed by atoms with Gasteiger partial charge in [-0.05, 0) is 58.9 Å². The summed E-state index contributed by atoms with van der Waals surface area (Å²) in [6, 6.07) is 0. The van der Waals surface area contributed by atoms with Gasteiger partial charge in [-0.25, -0.2) is 0 Å². The monoisotopic (exact) mass is 424 g/mol. The Kier molecular flexibility index (Phi) is 8.72. The maximum atomic E-state index is 6.57. The average molecular weight is 425 g/mol. The van der Waals surface area contributed by atoms with Crippen LogP contribution in [0.15, 0.2) is 0 Å². The van der Waals surface area contributed by atoms with Crippen molar-refractivity contribution in [1.29, 1.82) is 0 Å². The van der Waals surface area contributed by atoms with E-state index in [-0.39, 0.29) is 24.4 Å². The quantitative estimate of drug-likeness (QED) is 0.526. The van der Waals surface area contributed by atoms with Gasteiger partial charge in [0.05, 0.1) is 6.61 Å². The van der Waals surface area contributed by atoms with Crippen LogP contribution in [0.5, 0.6) is 0 Å². The van der Waals surface area contributed by atoms with Crippen LogP contribution < -0.4 is 0 Å². The molecule has 1 fully saturated rings. The van der Waals surface area contributed by atoms with Crippen LogP contribution in [0.1, 0.15) is 0 Å². The molecule has 26 heavy (non-hydrogen) atoms. The van der Waals surface area contributed by atoms with E-state index in [2.05, 4.69) is 58.9 Å². The van der Waals surface area contributed by atoms with Gasteiger partial charge in [0.2, 0.25) is 0 Å². The van der Waals surface area contributed by atoms with Crippen molar-refractivity contribution in [3.8, 4) is 0 Å². The van der Waals surface area contributed by atoms with Gasteiger partial charge in [0.25, 0.3) is 0 Å². The first-order chi connectivity index (χ1) is 11.7. The molecule has 0 aliphatic carbocycles. The molecular formula is C17H40O6Si3. The minimum atomic E-state index is -1.86. The van der Waals surface area contributed by atoms with Crippen LogP contribution >= 0.6 is 0 Å². The summed E-state index contributed by atoms with van der Waals surface area (Å²) < 4.78 is 37.0. The van der Waals surface area contributed by atoms with Crippen LogP contribution in [0.2, 0.25) is 58.9 Å². The lowest BCUT2D eigenvalue weighted by molar-refractivity contribution is -0.278. The highest BCUT2D eigenvalue weighted by Gasteiger charge is 2.51. The molecule has 1 heterocycles. The van der Waals surface area contributed by atoms with Crippen molar-refractivity contribution in [2.24, 2.45) is 0 Å². The highest BCUT2D eigenvalue weighted by atomic mass is 28.4. The van der Waals surface area contributed by atoms with Gasteiger partial charge in [-0.15, -0.1) is 0 Å². The summed E-state index contributed by atoms with van der Waals surface area (Å²) in [5.41, 5.74) is 0. The van der Waals surface area contributed by atoms with Gasteiger partial charge in [-0.1, -0.05) is 0 Å². The van der Waals surface area contributed by atoms with Crippen LogP contribution in [-0.4, -0.2) is 76.5 Å². The number of rotatable bonds is 9. The van der Waals surface area contributed by atoms with Crippen LogP contribution in [0.25, 0.3) is 0 Å². The Balaban J connectivity index is 3.28. The Morgan fingerprint density at radius 2 is 1.12 bits per heavy atom. The number of hydrogen-bond acceptors (Lipinski definition) is 6. The largest absolute Gasteiger partial charge is 0.409 e. The molecule has 0 aromatic carbocycles. The summed E-state index contributed by atoms with van der Waals surface area (Å²) in [5, 5.41) is 0. The molecule has 1 saturated heterocycles. The second kappa shape index (κ2) is 9.27. The molecule has 0 aromatic heterocycles. The Bertz CT molecular complexity index is 430. The third kappa shape index (κ3) is 8.19. The molecule has 1 rings (SSSR count). The SMILES string of the molecule is COC[C@@H]1OC(O[Si](C)(C)C)[C@@H](O[Si](C)(C)C)[C@H](O[Si](C)(C)C)[C@H]1OC. The lowest BCUT2D eigenvalue weighted by Gasteiger charge is -2.50. The molecule has 5 atom stereocenters. The van der Waals surface area contributed by atoms with Crippen molar-refractivity contribution in [3.63, 3.8) is 0 Å². The smallest absolute Gasteiger partial charge is 0.187 e. The van der Waals surface area contributed by atoms with E-state index in [1.165, 1.54) is 0 Å². The highest BCUT2D eigenvalue weighted by molar-refractivity contribution is 6.70. The van der Waals surface area contributed by atoms with E-state index in [1.54, 1.807) is 14.2 Å². The van der Waals surface area contributed by atoms with Crippen molar-refractivity contribution in [2.45, 2.75) is 89.6 Å². The summed E-state index contributed by atoms with van der Waals surface area (Å²) in [6.07, 6.45) is -1.54. The predicted octanol–water partition coefficient (Wildman–Crippen LogP) is 3.66. The van der Waals surface area contributed by atoms with Gasteiger partial charge in [0.15, 0.2) is 31.2 Å². The molecule has 1 aliphatic heterocycles. The fourth-order valence-electron chi connectivity index (χ4n) is 2.98. The van der Waals surface area contributed by atoms with Crippen LogP contribution in [-0.2, 0) is 27.5 Å². The van der Waals surface area contributed by atoms with Gasteiger partial charge in [-0.2, -0.15) is 0 Å².